The first-order valence-electron chi connectivity index (χ1n) is 7.27. The van der Waals surface area contributed by atoms with Gasteiger partial charge < -0.3 is 9.14 Å². The van der Waals surface area contributed by atoms with Gasteiger partial charge in [0.05, 0.1) is 17.3 Å². The van der Waals surface area contributed by atoms with Crippen LogP contribution >= 0.6 is 0 Å². The molecule has 0 aliphatic carbocycles. The van der Waals surface area contributed by atoms with Crippen LogP contribution in [0.5, 0.6) is 5.75 Å². The second-order valence-corrected chi connectivity index (χ2v) is 5.52. The summed E-state index contributed by atoms with van der Waals surface area (Å²) >= 11 is 0. The van der Waals surface area contributed by atoms with E-state index in [4.69, 9.17) is 10.00 Å². The van der Waals surface area contributed by atoms with Crippen molar-refractivity contribution in [2.24, 2.45) is 0 Å². The average molecular weight is 291 g/mol. The fourth-order valence-corrected chi connectivity index (χ4v) is 2.23. The van der Waals surface area contributed by atoms with Crippen LogP contribution in [-0.4, -0.2) is 9.38 Å². The second-order valence-electron chi connectivity index (χ2n) is 5.52. The summed E-state index contributed by atoms with van der Waals surface area (Å²) in [5.41, 5.74) is 3.56. The summed E-state index contributed by atoms with van der Waals surface area (Å²) in [4.78, 5) is 4.65. The monoisotopic (exact) mass is 291 g/mol. The van der Waals surface area contributed by atoms with Crippen LogP contribution in [0.3, 0.4) is 0 Å². The van der Waals surface area contributed by atoms with Gasteiger partial charge in [0.1, 0.15) is 6.61 Å². The number of imidazole rings is 1. The van der Waals surface area contributed by atoms with Crippen molar-refractivity contribution in [3.8, 4) is 11.8 Å². The summed E-state index contributed by atoms with van der Waals surface area (Å²) in [6.45, 7) is 4.70. The van der Waals surface area contributed by atoms with Gasteiger partial charge in [-0.2, -0.15) is 5.26 Å². The number of fused-ring (bicyclic) bond motifs is 1. The number of nitrogens with zero attached hydrogens (tertiary/aromatic N) is 3. The van der Waals surface area contributed by atoms with Crippen molar-refractivity contribution in [1.29, 1.82) is 5.26 Å². The topological polar surface area (TPSA) is 50.3 Å². The molecule has 0 bridgehead atoms. The van der Waals surface area contributed by atoms with Gasteiger partial charge in [-0.1, -0.05) is 26.0 Å². The van der Waals surface area contributed by atoms with Gasteiger partial charge in [-0.15, -0.1) is 0 Å². The first-order valence-corrected chi connectivity index (χ1v) is 7.27. The molecular weight excluding hydrogens is 274 g/mol. The van der Waals surface area contributed by atoms with E-state index in [1.165, 1.54) is 0 Å². The van der Waals surface area contributed by atoms with Crippen LogP contribution in [0.15, 0.2) is 48.8 Å². The summed E-state index contributed by atoms with van der Waals surface area (Å²) in [5, 5.41) is 8.81. The Hall–Kier alpha value is -2.80. The lowest BCUT2D eigenvalue weighted by Gasteiger charge is -2.07. The SMILES string of the molecule is CC(C)c1cn2cccc(OCc3ccc(C#N)cc3)c2n1. The first kappa shape index (κ1) is 14.2. The lowest BCUT2D eigenvalue weighted by Crippen LogP contribution is -1.97. The van der Waals surface area contributed by atoms with Crippen molar-refractivity contribution in [3.63, 3.8) is 0 Å². The van der Waals surface area contributed by atoms with Crippen LogP contribution in [0.4, 0.5) is 0 Å². The second kappa shape index (κ2) is 5.90. The Morgan fingerprint density at radius 3 is 2.68 bits per heavy atom. The molecule has 0 aliphatic rings. The molecule has 4 nitrogen and oxygen atoms in total. The molecule has 0 aliphatic heterocycles. The molecule has 2 heterocycles. The molecule has 0 radical (unpaired) electrons. The van der Waals surface area contributed by atoms with Gasteiger partial charge in [-0.05, 0) is 35.7 Å². The van der Waals surface area contributed by atoms with Crippen LogP contribution in [0.2, 0.25) is 0 Å². The summed E-state index contributed by atoms with van der Waals surface area (Å²) in [7, 11) is 0. The minimum atomic E-state index is 0.381. The molecular formula is C18H17N3O. The highest BCUT2D eigenvalue weighted by molar-refractivity contribution is 5.54. The van der Waals surface area contributed by atoms with Gasteiger partial charge in [-0.3, -0.25) is 0 Å². The molecule has 3 aromatic rings. The molecule has 0 saturated carbocycles. The Kier molecular flexibility index (Phi) is 3.80. The molecule has 22 heavy (non-hydrogen) atoms. The summed E-state index contributed by atoms with van der Waals surface area (Å²) < 4.78 is 7.90. The third-order valence-electron chi connectivity index (χ3n) is 3.53. The van der Waals surface area contributed by atoms with E-state index in [1.807, 2.05) is 41.1 Å². The van der Waals surface area contributed by atoms with Gasteiger partial charge in [0, 0.05) is 12.4 Å². The molecule has 2 aromatic heterocycles. The zero-order chi connectivity index (χ0) is 15.5. The van der Waals surface area contributed by atoms with Crippen LogP contribution in [0.25, 0.3) is 5.65 Å². The molecule has 110 valence electrons. The van der Waals surface area contributed by atoms with Crippen LogP contribution < -0.4 is 4.74 Å². The number of aromatic nitrogens is 2. The van der Waals surface area contributed by atoms with E-state index in [-0.39, 0.29) is 0 Å². The number of pyridine rings is 1. The molecule has 0 spiro atoms. The van der Waals surface area contributed by atoms with Gasteiger partial charge >= 0.3 is 0 Å². The van der Waals surface area contributed by atoms with Crippen molar-refractivity contribution >= 4 is 5.65 Å². The molecule has 0 unspecified atom stereocenters. The minimum absolute atomic E-state index is 0.381. The van der Waals surface area contributed by atoms with Gasteiger partial charge in [0.25, 0.3) is 0 Å². The maximum absolute atomic E-state index is 8.81. The largest absolute Gasteiger partial charge is 0.485 e. The Labute approximate surface area is 129 Å². The lowest BCUT2D eigenvalue weighted by atomic mass is 10.2. The van der Waals surface area contributed by atoms with Crippen molar-refractivity contribution in [2.45, 2.75) is 26.4 Å². The Morgan fingerprint density at radius 2 is 2.00 bits per heavy atom. The Balaban J connectivity index is 1.82. The average Bonchev–Trinajstić information content (AvgIpc) is 2.98. The molecule has 4 heteroatoms. The minimum Gasteiger partial charge on any atom is -0.485 e. The normalized spacial score (nSPS) is 10.8. The maximum atomic E-state index is 8.81. The first-order chi connectivity index (χ1) is 10.7. The Morgan fingerprint density at radius 1 is 1.23 bits per heavy atom. The summed E-state index contributed by atoms with van der Waals surface area (Å²) in [5.74, 6) is 1.14. The summed E-state index contributed by atoms with van der Waals surface area (Å²) in [6.07, 6.45) is 4.01. The highest BCUT2D eigenvalue weighted by Crippen LogP contribution is 2.23. The van der Waals surface area contributed by atoms with Crippen molar-refractivity contribution in [2.75, 3.05) is 0 Å². The molecule has 0 fully saturated rings. The van der Waals surface area contributed by atoms with E-state index in [0.29, 0.717) is 18.1 Å². The van der Waals surface area contributed by atoms with Crippen molar-refractivity contribution in [3.05, 3.63) is 65.6 Å². The number of rotatable bonds is 4. The van der Waals surface area contributed by atoms with E-state index >= 15 is 0 Å². The molecule has 0 saturated heterocycles. The zero-order valence-electron chi connectivity index (χ0n) is 12.7. The molecule has 3 rings (SSSR count). The number of nitriles is 1. The van der Waals surface area contributed by atoms with E-state index in [1.54, 1.807) is 12.1 Å². The number of hydrogen-bond donors (Lipinski definition) is 0. The third-order valence-corrected chi connectivity index (χ3v) is 3.53. The standard InChI is InChI=1S/C18H17N3O/c1-13(2)16-11-21-9-3-4-17(18(21)20-16)22-12-15-7-5-14(10-19)6-8-15/h3-9,11,13H,12H2,1-2H3. The van der Waals surface area contributed by atoms with E-state index in [2.05, 4.69) is 24.9 Å². The Bertz CT molecular complexity index is 826. The molecule has 0 N–H and O–H groups in total. The van der Waals surface area contributed by atoms with Gasteiger partial charge in [-0.25, -0.2) is 4.98 Å². The van der Waals surface area contributed by atoms with E-state index < -0.39 is 0 Å². The van der Waals surface area contributed by atoms with Crippen LogP contribution in [0, 0.1) is 11.3 Å². The molecule has 0 atom stereocenters. The summed E-state index contributed by atoms with van der Waals surface area (Å²) in [6, 6.07) is 13.4. The molecule has 0 amide bonds. The predicted molar refractivity (Wildman–Crippen MR) is 84.8 cm³/mol. The van der Waals surface area contributed by atoms with Gasteiger partial charge in [0.15, 0.2) is 11.4 Å². The third kappa shape index (κ3) is 2.79. The van der Waals surface area contributed by atoms with Crippen molar-refractivity contribution in [1.82, 2.24) is 9.38 Å². The van der Waals surface area contributed by atoms with E-state index in [9.17, 15) is 0 Å². The number of benzene rings is 1. The lowest BCUT2D eigenvalue weighted by molar-refractivity contribution is 0.308. The van der Waals surface area contributed by atoms with Crippen LogP contribution in [-0.2, 0) is 6.61 Å². The zero-order valence-corrected chi connectivity index (χ0v) is 12.7. The van der Waals surface area contributed by atoms with Crippen LogP contribution in [0.1, 0.15) is 36.6 Å². The highest BCUT2D eigenvalue weighted by atomic mass is 16.5. The van der Waals surface area contributed by atoms with Gasteiger partial charge in [0.2, 0.25) is 0 Å². The van der Waals surface area contributed by atoms with E-state index in [0.717, 1.165) is 22.7 Å². The smallest absolute Gasteiger partial charge is 0.179 e. The molecule has 1 aromatic carbocycles. The van der Waals surface area contributed by atoms with Crippen molar-refractivity contribution < 1.29 is 4.74 Å². The number of ether oxygens (including phenoxy) is 1. The maximum Gasteiger partial charge on any atom is 0.179 e. The fraction of sp³-hybridized carbons (Fsp3) is 0.222. The predicted octanol–water partition coefficient (Wildman–Crippen LogP) is 3.91. The highest BCUT2D eigenvalue weighted by Gasteiger charge is 2.09. The number of hydrogen-bond acceptors (Lipinski definition) is 3. The quantitative estimate of drug-likeness (QED) is 0.732. The fourth-order valence-electron chi connectivity index (χ4n) is 2.23.